The number of hydrogen-bond acceptors (Lipinski definition) is 2. The Labute approximate surface area is 105 Å². The molecular formula is C13H26ClNO. The topological polar surface area (TPSA) is 12.5 Å². The Bertz CT molecular complexity index is 189. The summed E-state index contributed by atoms with van der Waals surface area (Å²) in [6.07, 6.45) is 7.53. The first kappa shape index (κ1) is 14.3. The SMILES string of the molecule is COC1(C)CCCN(CCCCCCCl)C1. The van der Waals surface area contributed by atoms with E-state index in [1.807, 2.05) is 7.11 Å². The molecule has 1 rings (SSSR count). The molecule has 0 aromatic rings. The van der Waals surface area contributed by atoms with Gasteiger partial charge in [0.25, 0.3) is 0 Å². The molecule has 0 bridgehead atoms. The van der Waals surface area contributed by atoms with Crippen molar-refractivity contribution < 1.29 is 4.74 Å². The number of piperidine rings is 1. The van der Waals surface area contributed by atoms with Gasteiger partial charge in [-0.2, -0.15) is 0 Å². The molecule has 2 nitrogen and oxygen atoms in total. The summed E-state index contributed by atoms with van der Waals surface area (Å²) in [6, 6.07) is 0. The zero-order chi connectivity index (χ0) is 11.9. The van der Waals surface area contributed by atoms with Gasteiger partial charge in [-0.3, -0.25) is 0 Å². The maximum Gasteiger partial charge on any atom is 0.0777 e. The van der Waals surface area contributed by atoms with E-state index < -0.39 is 0 Å². The van der Waals surface area contributed by atoms with E-state index >= 15 is 0 Å². The van der Waals surface area contributed by atoms with Gasteiger partial charge in [0.1, 0.15) is 0 Å². The van der Waals surface area contributed by atoms with Gasteiger partial charge in [-0.1, -0.05) is 12.8 Å². The molecule has 96 valence electrons. The van der Waals surface area contributed by atoms with Gasteiger partial charge >= 0.3 is 0 Å². The number of halogens is 1. The summed E-state index contributed by atoms with van der Waals surface area (Å²) < 4.78 is 5.59. The van der Waals surface area contributed by atoms with Crippen LogP contribution in [0.15, 0.2) is 0 Å². The average molecular weight is 248 g/mol. The van der Waals surface area contributed by atoms with Crippen LogP contribution in [0, 0.1) is 0 Å². The van der Waals surface area contributed by atoms with E-state index in [4.69, 9.17) is 16.3 Å². The Hall–Kier alpha value is 0.210. The lowest BCUT2D eigenvalue weighted by Gasteiger charge is -2.39. The molecule has 1 aliphatic rings. The zero-order valence-corrected chi connectivity index (χ0v) is 11.6. The number of methoxy groups -OCH3 is 1. The predicted octanol–water partition coefficient (Wildman–Crippen LogP) is 3.29. The van der Waals surface area contributed by atoms with Crippen LogP contribution in [0.4, 0.5) is 0 Å². The molecule has 0 amide bonds. The molecule has 0 aromatic heterocycles. The Balaban J connectivity index is 2.12. The lowest BCUT2D eigenvalue weighted by Crippen LogP contribution is -2.47. The third-order valence-electron chi connectivity index (χ3n) is 3.59. The second kappa shape index (κ2) is 7.52. The van der Waals surface area contributed by atoms with Crippen molar-refractivity contribution in [2.45, 2.75) is 51.0 Å². The second-order valence-electron chi connectivity index (χ2n) is 5.14. The van der Waals surface area contributed by atoms with Crippen LogP contribution in [0.2, 0.25) is 0 Å². The molecule has 0 spiro atoms. The van der Waals surface area contributed by atoms with E-state index in [2.05, 4.69) is 11.8 Å². The first-order valence-electron chi connectivity index (χ1n) is 6.54. The van der Waals surface area contributed by atoms with Crippen molar-refractivity contribution in [1.82, 2.24) is 4.90 Å². The van der Waals surface area contributed by atoms with E-state index in [1.54, 1.807) is 0 Å². The van der Waals surface area contributed by atoms with Gasteiger partial charge < -0.3 is 9.64 Å². The number of alkyl halides is 1. The fraction of sp³-hybridized carbons (Fsp3) is 1.00. The molecule has 1 atom stereocenters. The summed E-state index contributed by atoms with van der Waals surface area (Å²) >= 11 is 5.66. The van der Waals surface area contributed by atoms with Crippen molar-refractivity contribution in [1.29, 1.82) is 0 Å². The third kappa shape index (κ3) is 5.03. The third-order valence-corrected chi connectivity index (χ3v) is 3.86. The molecule has 0 N–H and O–H groups in total. The average Bonchev–Trinajstić information content (AvgIpc) is 2.29. The lowest BCUT2D eigenvalue weighted by atomic mass is 9.94. The first-order chi connectivity index (χ1) is 7.70. The second-order valence-corrected chi connectivity index (χ2v) is 5.51. The van der Waals surface area contributed by atoms with E-state index in [0.717, 1.165) is 18.8 Å². The minimum atomic E-state index is 0.0917. The molecule has 16 heavy (non-hydrogen) atoms. The highest BCUT2D eigenvalue weighted by molar-refractivity contribution is 6.17. The smallest absolute Gasteiger partial charge is 0.0777 e. The normalized spacial score (nSPS) is 27.2. The molecule has 3 heteroatoms. The molecule has 0 aliphatic carbocycles. The van der Waals surface area contributed by atoms with Crippen LogP contribution in [0.5, 0.6) is 0 Å². The van der Waals surface area contributed by atoms with Gasteiger partial charge in [0.05, 0.1) is 5.60 Å². The minimum Gasteiger partial charge on any atom is -0.377 e. The minimum absolute atomic E-state index is 0.0917. The summed E-state index contributed by atoms with van der Waals surface area (Å²) in [6.45, 7) is 5.79. The summed E-state index contributed by atoms with van der Waals surface area (Å²) in [5, 5.41) is 0. The fourth-order valence-corrected chi connectivity index (χ4v) is 2.64. The summed E-state index contributed by atoms with van der Waals surface area (Å²) in [4.78, 5) is 2.55. The monoisotopic (exact) mass is 247 g/mol. The van der Waals surface area contributed by atoms with Crippen LogP contribution in [-0.2, 0) is 4.74 Å². The van der Waals surface area contributed by atoms with Crippen molar-refractivity contribution >= 4 is 11.6 Å². The molecule has 1 aliphatic heterocycles. The van der Waals surface area contributed by atoms with E-state index in [0.29, 0.717) is 0 Å². The highest BCUT2D eigenvalue weighted by Gasteiger charge is 2.30. The number of hydrogen-bond donors (Lipinski definition) is 0. The highest BCUT2D eigenvalue weighted by atomic mass is 35.5. The van der Waals surface area contributed by atoms with E-state index in [-0.39, 0.29) is 5.60 Å². The van der Waals surface area contributed by atoms with Gasteiger partial charge in [0.2, 0.25) is 0 Å². The Kier molecular flexibility index (Phi) is 6.71. The van der Waals surface area contributed by atoms with Gasteiger partial charge in [-0.15, -0.1) is 11.6 Å². The lowest BCUT2D eigenvalue weighted by molar-refractivity contribution is -0.0508. The molecular weight excluding hydrogens is 222 g/mol. The molecule has 0 saturated carbocycles. The van der Waals surface area contributed by atoms with Crippen LogP contribution in [0.3, 0.4) is 0 Å². The number of unbranched alkanes of at least 4 members (excludes halogenated alkanes) is 3. The van der Waals surface area contributed by atoms with Crippen LogP contribution >= 0.6 is 11.6 Å². The molecule has 1 unspecified atom stereocenters. The van der Waals surface area contributed by atoms with Crippen LogP contribution in [-0.4, -0.2) is 43.1 Å². The van der Waals surface area contributed by atoms with Gasteiger partial charge in [-0.25, -0.2) is 0 Å². The summed E-state index contributed by atoms with van der Waals surface area (Å²) in [5.41, 5.74) is 0.0917. The Morgan fingerprint density at radius 2 is 2.00 bits per heavy atom. The predicted molar refractivity (Wildman–Crippen MR) is 70.3 cm³/mol. The summed E-state index contributed by atoms with van der Waals surface area (Å²) in [5.74, 6) is 0.811. The number of likely N-dealkylation sites (tertiary alicyclic amines) is 1. The summed E-state index contributed by atoms with van der Waals surface area (Å²) in [7, 11) is 1.84. The molecule has 0 aromatic carbocycles. The molecule has 1 saturated heterocycles. The zero-order valence-electron chi connectivity index (χ0n) is 10.8. The Morgan fingerprint density at radius 3 is 2.69 bits per heavy atom. The largest absolute Gasteiger partial charge is 0.377 e. The van der Waals surface area contributed by atoms with Gasteiger partial charge in [0.15, 0.2) is 0 Å². The van der Waals surface area contributed by atoms with Crippen molar-refractivity contribution in [3.63, 3.8) is 0 Å². The fourth-order valence-electron chi connectivity index (χ4n) is 2.45. The first-order valence-corrected chi connectivity index (χ1v) is 7.07. The standard InChI is InChI=1S/C13H26ClNO/c1-13(16-2)8-7-11-15(12-13)10-6-4-3-5-9-14/h3-12H2,1-2H3. The van der Waals surface area contributed by atoms with Gasteiger partial charge in [-0.05, 0) is 45.7 Å². The highest BCUT2D eigenvalue weighted by Crippen LogP contribution is 2.23. The molecule has 1 heterocycles. The quantitative estimate of drug-likeness (QED) is 0.506. The molecule has 1 fully saturated rings. The van der Waals surface area contributed by atoms with Crippen molar-refractivity contribution in [3.8, 4) is 0 Å². The van der Waals surface area contributed by atoms with Crippen molar-refractivity contribution in [2.24, 2.45) is 0 Å². The number of ether oxygens (including phenoxy) is 1. The van der Waals surface area contributed by atoms with Gasteiger partial charge in [0, 0.05) is 19.5 Å². The van der Waals surface area contributed by atoms with Crippen molar-refractivity contribution in [2.75, 3.05) is 32.6 Å². The van der Waals surface area contributed by atoms with Crippen LogP contribution in [0.1, 0.15) is 45.4 Å². The maximum atomic E-state index is 5.66. The maximum absolute atomic E-state index is 5.66. The molecule has 0 radical (unpaired) electrons. The number of rotatable bonds is 7. The van der Waals surface area contributed by atoms with E-state index in [9.17, 15) is 0 Å². The van der Waals surface area contributed by atoms with E-state index in [1.165, 1.54) is 45.2 Å². The Morgan fingerprint density at radius 1 is 1.25 bits per heavy atom. The van der Waals surface area contributed by atoms with Crippen LogP contribution < -0.4 is 0 Å². The number of nitrogens with zero attached hydrogens (tertiary/aromatic N) is 1. The van der Waals surface area contributed by atoms with Crippen LogP contribution in [0.25, 0.3) is 0 Å². The van der Waals surface area contributed by atoms with Crippen molar-refractivity contribution in [3.05, 3.63) is 0 Å².